The van der Waals surface area contributed by atoms with Crippen LogP contribution in [0.15, 0.2) is 42.5 Å². The highest BCUT2D eigenvalue weighted by molar-refractivity contribution is 5.83. The number of carbonyl (C=O) groups excluding carboxylic acids is 1. The molecule has 0 spiro atoms. The fourth-order valence-electron chi connectivity index (χ4n) is 2.92. The SMILES string of the molecule is NCC(NC(=O)CC1CCC1)c1ccc2ccccc2c1. The second kappa shape index (κ2) is 6.27. The van der Waals surface area contributed by atoms with E-state index in [9.17, 15) is 4.79 Å². The first-order chi connectivity index (χ1) is 10.3. The third-order valence-electron chi connectivity index (χ3n) is 4.45. The molecule has 1 atom stereocenters. The fraction of sp³-hybridized carbons (Fsp3) is 0.389. The summed E-state index contributed by atoms with van der Waals surface area (Å²) >= 11 is 0. The van der Waals surface area contributed by atoms with Gasteiger partial charge in [0.1, 0.15) is 0 Å². The molecule has 3 heteroatoms. The van der Waals surface area contributed by atoms with E-state index in [4.69, 9.17) is 5.73 Å². The molecule has 0 saturated heterocycles. The first-order valence-corrected chi connectivity index (χ1v) is 7.74. The molecule has 0 aliphatic heterocycles. The van der Waals surface area contributed by atoms with Gasteiger partial charge in [0.05, 0.1) is 6.04 Å². The highest BCUT2D eigenvalue weighted by atomic mass is 16.1. The van der Waals surface area contributed by atoms with Crippen LogP contribution in [0.2, 0.25) is 0 Å². The number of carbonyl (C=O) groups is 1. The topological polar surface area (TPSA) is 55.1 Å². The number of amides is 1. The summed E-state index contributed by atoms with van der Waals surface area (Å²) in [5.41, 5.74) is 6.94. The third-order valence-corrected chi connectivity index (χ3v) is 4.45. The molecule has 3 N–H and O–H groups in total. The Labute approximate surface area is 125 Å². The van der Waals surface area contributed by atoms with Crippen LogP contribution in [0.25, 0.3) is 10.8 Å². The number of fused-ring (bicyclic) bond motifs is 1. The number of nitrogens with two attached hydrogens (primary N) is 1. The van der Waals surface area contributed by atoms with Gasteiger partial charge in [0.2, 0.25) is 5.91 Å². The molecule has 21 heavy (non-hydrogen) atoms. The monoisotopic (exact) mass is 282 g/mol. The van der Waals surface area contributed by atoms with Gasteiger partial charge in [0, 0.05) is 13.0 Å². The van der Waals surface area contributed by atoms with Crippen molar-refractivity contribution in [3.63, 3.8) is 0 Å². The number of nitrogens with one attached hydrogen (secondary N) is 1. The molecule has 0 heterocycles. The van der Waals surface area contributed by atoms with Gasteiger partial charge < -0.3 is 11.1 Å². The third kappa shape index (κ3) is 3.24. The minimum atomic E-state index is -0.0952. The van der Waals surface area contributed by atoms with Gasteiger partial charge in [-0.25, -0.2) is 0 Å². The minimum Gasteiger partial charge on any atom is -0.348 e. The standard InChI is InChI=1S/C18H22N2O/c19-12-17(20-18(21)10-13-4-3-5-13)16-9-8-14-6-1-2-7-15(14)11-16/h1-2,6-9,11,13,17H,3-5,10,12,19H2,(H,20,21). The normalized spacial score (nSPS) is 16.4. The van der Waals surface area contributed by atoms with Crippen molar-refractivity contribution in [1.29, 1.82) is 0 Å². The van der Waals surface area contributed by atoms with Crippen molar-refractivity contribution in [2.45, 2.75) is 31.7 Å². The van der Waals surface area contributed by atoms with E-state index < -0.39 is 0 Å². The van der Waals surface area contributed by atoms with Gasteiger partial charge in [0.25, 0.3) is 0 Å². The second-order valence-electron chi connectivity index (χ2n) is 5.96. The van der Waals surface area contributed by atoms with Gasteiger partial charge in [0.15, 0.2) is 0 Å². The van der Waals surface area contributed by atoms with Gasteiger partial charge in [-0.15, -0.1) is 0 Å². The molecule has 110 valence electrons. The van der Waals surface area contributed by atoms with Crippen LogP contribution in [-0.2, 0) is 4.79 Å². The van der Waals surface area contributed by atoms with Crippen molar-refractivity contribution in [2.24, 2.45) is 11.7 Å². The van der Waals surface area contributed by atoms with Crippen LogP contribution < -0.4 is 11.1 Å². The van der Waals surface area contributed by atoms with Crippen LogP contribution in [0.4, 0.5) is 0 Å². The predicted octanol–water partition coefficient (Wildman–Crippen LogP) is 3.15. The lowest BCUT2D eigenvalue weighted by Crippen LogP contribution is -2.35. The van der Waals surface area contributed by atoms with Crippen LogP contribution >= 0.6 is 0 Å². The zero-order chi connectivity index (χ0) is 14.7. The van der Waals surface area contributed by atoms with E-state index in [0.29, 0.717) is 18.9 Å². The van der Waals surface area contributed by atoms with E-state index in [2.05, 4.69) is 35.6 Å². The number of benzene rings is 2. The number of hydrogen-bond acceptors (Lipinski definition) is 2. The van der Waals surface area contributed by atoms with E-state index in [1.165, 1.54) is 30.0 Å². The summed E-state index contributed by atoms with van der Waals surface area (Å²) in [6.07, 6.45) is 4.29. The molecule has 1 unspecified atom stereocenters. The first kappa shape index (κ1) is 14.1. The molecular formula is C18H22N2O. The zero-order valence-corrected chi connectivity index (χ0v) is 12.2. The molecule has 2 aromatic carbocycles. The summed E-state index contributed by atoms with van der Waals surface area (Å²) in [5, 5.41) is 5.47. The van der Waals surface area contributed by atoms with Gasteiger partial charge in [-0.1, -0.05) is 42.8 Å². The molecule has 1 aliphatic carbocycles. The van der Waals surface area contributed by atoms with E-state index >= 15 is 0 Å². The quantitative estimate of drug-likeness (QED) is 0.885. The van der Waals surface area contributed by atoms with E-state index in [0.717, 1.165) is 5.56 Å². The van der Waals surface area contributed by atoms with Gasteiger partial charge >= 0.3 is 0 Å². The molecule has 1 fully saturated rings. The molecule has 3 nitrogen and oxygen atoms in total. The summed E-state index contributed by atoms with van der Waals surface area (Å²) in [5.74, 6) is 0.711. The van der Waals surface area contributed by atoms with Crippen molar-refractivity contribution in [2.75, 3.05) is 6.54 Å². The zero-order valence-electron chi connectivity index (χ0n) is 12.2. The summed E-state index contributed by atoms with van der Waals surface area (Å²) < 4.78 is 0. The van der Waals surface area contributed by atoms with Crippen molar-refractivity contribution in [3.05, 3.63) is 48.0 Å². The molecule has 1 aliphatic rings. The van der Waals surface area contributed by atoms with E-state index in [1.807, 2.05) is 12.1 Å². The van der Waals surface area contributed by atoms with Crippen LogP contribution in [0.3, 0.4) is 0 Å². The van der Waals surface area contributed by atoms with Gasteiger partial charge in [-0.2, -0.15) is 0 Å². The van der Waals surface area contributed by atoms with E-state index in [-0.39, 0.29) is 11.9 Å². The van der Waals surface area contributed by atoms with Crippen LogP contribution in [0.1, 0.15) is 37.3 Å². The molecule has 1 saturated carbocycles. The molecule has 1 amide bonds. The van der Waals surface area contributed by atoms with Gasteiger partial charge in [-0.3, -0.25) is 4.79 Å². The largest absolute Gasteiger partial charge is 0.348 e. The average molecular weight is 282 g/mol. The maximum atomic E-state index is 12.1. The fourth-order valence-corrected chi connectivity index (χ4v) is 2.92. The summed E-state index contributed by atoms with van der Waals surface area (Å²) in [6, 6.07) is 14.4. The van der Waals surface area contributed by atoms with Crippen molar-refractivity contribution in [1.82, 2.24) is 5.32 Å². The molecule has 0 aromatic heterocycles. The maximum absolute atomic E-state index is 12.1. The lowest BCUT2D eigenvalue weighted by Gasteiger charge is -2.26. The smallest absolute Gasteiger partial charge is 0.220 e. The Kier molecular flexibility index (Phi) is 4.20. The van der Waals surface area contributed by atoms with Crippen LogP contribution in [0, 0.1) is 5.92 Å². The Morgan fingerprint density at radius 1 is 1.19 bits per heavy atom. The molecule has 3 rings (SSSR count). The lowest BCUT2D eigenvalue weighted by molar-refractivity contribution is -0.123. The highest BCUT2D eigenvalue weighted by Crippen LogP contribution is 2.29. The van der Waals surface area contributed by atoms with Crippen molar-refractivity contribution in [3.8, 4) is 0 Å². The first-order valence-electron chi connectivity index (χ1n) is 7.74. The average Bonchev–Trinajstić information content (AvgIpc) is 2.48. The Morgan fingerprint density at radius 2 is 1.95 bits per heavy atom. The minimum absolute atomic E-state index is 0.0952. The number of rotatable bonds is 5. The molecule has 2 aromatic rings. The molecule has 0 bridgehead atoms. The molecular weight excluding hydrogens is 260 g/mol. The Morgan fingerprint density at radius 3 is 2.62 bits per heavy atom. The van der Waals surface area contributed by atoms with Gasteiger partial charge in [-0.05, 0) is 41.2 Å². The van der Waals surface area contributed by atoms with Crippen LogP contribution in [-0.4, -0.2) is 12.5 Å². The van der Waals surface area contributed by atoms with Crippen LogP contribution in [0.5, 0.6) is 0 Å². The van der Waals surface area contributed by atoms with Crippen molar-refractivity contribution < 1.29 is 4.79 Å². The second-order valence-corrected chi connectivity index (χ2v) is 5.96. The summed E-state index contributed by atoms with van der Waals surface area (Å²) in [7, 11) is 0. The number of hydrogen-bond donors (Lipinski definition) is 2. The summed E-state index contributed by atoms with van der Waals surface area (Å²) in [4.78, 5) is 12.1. The molecule has 0 radical (unpaired) electrons. The Hall–Kier alpha value is -1.87. The van der Waals surface area contributed by atoms with Crippen molar-refractivity contribution >= 4 is 16.7 Å². The van der Waals surface area contributed by atoms with E-state index in [1.54, 1.807) is 0 Å². The maximum Gasteiger partial charge on any atom is 0.220 e. The predicted molar refractivity (Wildman–Crippen MR) is 85.8 cm³/mol. The summed E-state index contributed by atoms with van der Waals surface area (Å²) in [6.45, 7) is 0.425. The highest BCUT2D eigenvalue weighted by Gasteiger charge is 2.22. The Balaban J connectivity index is 1.72. The Bertz CT molecular complexity index is 634. The lowest BCUT2D eigenvalue weighted by atomic mass is 9.83.